The Morgan fingerprint density at radius 1 is 1.00 bits per heavy atom. The van der Waals surface area contributed by atoms with Crippen LogP contribution in [0.3, 0.4) is 0 Å². The molecule has 1 aliphatic rings. The summed E-state index contributed by atoms with van der Waals surface area (Å²) in [6.45, 7) is 3.07. The molecule has 7 nitrogen and oxygen atoms in total. The van der Waals surface area contributed by atoms with Gasteiger partial charge in [-0.05, 0) is 60.0 Å². The van der Waals surface area contributed by atoms with Crippen molar-refractivity contribution in [2.75, 3.05) is 20.8 Å². The number of H-pyrrole nitrogens is 1. The number of hydrogen-bond donors (Lipinski definition) is 1. The maximum atomic E-state index is 13.8. The summed E-state index contributed by atoms with van der Waals surface area (Å²) in [6.07, 6.45) is 2.00. The zero-order valence-electron chi connectivity index (χ0n) is 21.7. The first-order valence-corrected chi connectivity index (χ1v) is 13.0. The van der Waals surface area contributed by atoms with Crippen LogP contribution in [0.25, 0.3) is 11.3 Å². The molecule has 4 aromatic rings. The molecular weight excluding hydrogens is 502 g/mol. The van der Waals surface area contributed by atoms with E-state index in [2.05, 4.69) is 17.1 Å². The Bertz CT molecular complexity index is 1430. The van der Waals surface area contributed by atoms with Crippen molar-refractivity contribution in [1.29, 1.82) is 0 Å². The lowest BCUT2D eigenvalue weighted by Crippen LogP contribution is -2.29. The summed E-state index contributed by atoms with van der Waals surface area (Å²) < 4.78 is 17.0. The Balaban J connectivity index is 1.61. The van der Waals surface area contributed by atoms with Gasteiger partial charge in [0.2, 0.25) is 0 Å². The van der Waals surface area contributed by atoms with Crippen molar-refractivity contribution in [3.8, 4) is 28.5 Å². The van der Waals surface area contributed by atoms with Crippen LogP contribution in [-0.4, -0.2) is 41.8 Å². The molecular formula is C30H30ClN3O4. The molecule has 1 aromatic heterocycles. The molecule has 2 heterocycles. The Morgan fingerprint density at radius 2 is 1.79 bits per heavy atom. The minimum atomic E-state index is -0.414. The fourth-order valence-corrected chi connectivity index (χ4v) is 4.98. The highest BCUT2D eigenvalue weighted by molar-refractivity contribution is 6.31. The van der Waals surface area contributed by atoms with Crippen molar-refractivity contribution >= 4 is 17.5 Å². The number of rotatable bonds is 10. The molecule has 0 aliphatic carbocycles. The number of aromatic amines is 1. The number of benzene rings is 3. The van der Waals surface area contributed by atoms with E-state index >= 15 is 0 Å². The molecule has 0 radical (unpaired) electrons. The number of nitrogens with zero attached hydrogens (tertiary/aromatic N) is 2. The van der Waals surface area contributed by atoms with Gasteiger partial charge in [0, 0.05) is 22.7 Å². The second kappa shape index (κ2) is 11.2. The fraction of sp³-hybridized carbons (Fsp3) is 0.267. The predicted molar refractivity (Wildman–Crippen MR) is 147 cm³/mol. The van der Waals surface area contributed by atoms with E-state index in [9.17, 15) is 4.79 Å². The summed E-state index contributed by atoms with van der Waals surface area (Å²) in [4.78, 5) is 15.6. The van der Waals surface area contributed by atoms with E-state index < -0.39 is 6.04 Å². The molecule has 0 bridgehead atoms. The predicted octanol–water partition coefficient (Wildman–Crippen LogP) is 6.67. The number of aromatic nitrogens is 2. The van der Waals surface area contributed by atoms with Crippen LogP contribution in [0.5, 0.6) is 17.2 Å². The molecule has 3 aromatic carbocycles. The van der Waals surface area contributed by atoms with E-state index in [0.717, 1.165) is 40.8 Å². The third-order valence-electron chi connectivity index (χ3n) is 6.78. The molecule has 1 aliphatic heterocycles. The molecule has 0 spiro atoms. The van der Waals surface area contributed by atoms with Gasteiger partial charge in [0.25, 0.3) is 5.91 Å². The molecule has 1 N–H and O–H groups in total. The summed E-state index contributed by atoms with van der Waals surface area (Å²) >= 11 is 6.51. The van der Waals surface area contributed by atoms with E-state index in [4.69, 9.17) is 25.8 Å². The van der Waals surface area contributed by atoms with Crippen LogP contribution in [0.1, 0.15) is 53.0 Å². The number of unbranched alkanes of at least 4 members (excludes halogenated alkanes) is 1. The first kappa shape index (κ1) is 25.7. The van der Waals surface area contributed by atoms with Crippen LogP contribution in [0.15, 0.2) is 66.7 Å². The molecule has 0 fully saturated rings. The normalized spacial score (nSPS) is 14.5. The molecule has 1 amide bonds. The number of amides is 1. The van der Waals surface area contributed by atoms with Crippen molar-refractivity contribution in [2.45, 2.75) is 32.4 Å². The van der Waals surface area contributed by atoms with Crippen molar-refractivity contribution < 1.29 is 19.0 Å². The van der Waals surface area contributed by atoms with Gasteiger partial charge in [0.1, 0.15) is 11.4 Å². The van der Waals surface area contributed by atoms with Crippen molar-refractivity contribution in [3.63, 3.8) is 0 Å². The molecule has 8 heteroatoms. The van der Waals surface area contributed by atoms with Gasteiger partial charge in [0.15, 0.2) is 11.5 Å². The van der Waals surface area contributed by atoms with Crippen molar-refractivity contribution in [3.05, 3.63) is 94.1 Å². The van der Waals surface area contributed by atoms with Crippen molar-refractivity contribution in [2.24, 2.45) is 0 Å². The first-order valence-electron chi connectivity index (χ1n) is 12.6. The first-order chi connectivity index (χ1) is 18.5. The molecule has 0 saturated heterocycles. The number of carbonyl (C=O) groups excluding carboxylic acids is 1. The van der Waals surface area contributed by atoms with Gasteiger partial charge in [-0.15, -0.1) is 0 Å². The van der Waals surface area contributed by atoms with Gasteiger partial charge < -0.3 is 19.1 Å². The summed E-state index contributed by atoms with van der Waals surface area (Å²) in [6, 6.07) is 20.7. The number of hydrogen-bond acceptors (Lipinski definition) is 5. The fourth-order valence-electron chi connectivity index (χ4n) is 4.79. The standard InChI is InChI=1S/C30H30ClN3O4/c1-4-5-16-38-24-15-12-20(17-25(24)37-3)29-26-27(19-10-13-22(36-2)14-11-19)32-33-28(26)30(35)34(29)18-21-8-6-7-9-23(21)31/h6-15,17,29H,4-5,16,18H2,1-3H3,(H,32,33). The van der Waals surface area contributed by atoms with Crippen LogP contribution < -0.4 is 14.2 Å². The lowest BCUT2D eigenvalue weighted by atomic mass is 9.95. The van der Waals surface area contributed by atoms with E-state index in [1.54, 1.807) is 14.2 Å². The van der Waals surface area contributed by atoms with Gasteiger partial charge in [-0.2, -0.15) is 5.10 Å². The average Bonchev–Trinajstić information content (AvgIpc) is 3.49. The van der Waals surface area contributed by atoms with Crippen LogP contribution in [0, 0.1) is 0 Å². The maximum absolute atomic E-state index is 13.8. The number of halogens is 1. The summed E-state index contributed by atoms with van der Waals surface area (Å²) in [5.74, 6) is 1.90. The van der Waals surface area contributed by atoms with Crippen molar-refractivity contribution in [1.82, 2.24) is 15.1 Å². The Morgan fingerprint density at radius 3 is 2.50 bits per heavy atom. The zero-order valence-corrected chi connectivity index (χ0v) is 22.4. The largest absolute Gasteiger partial charge is 0.497 e. The summed E-state index contributed by atoms with van der Waals surface area (Å²) in [7, 11) is 3.25. The van der Waals surface area contributed by atoms with Gasteiger partial charge in [0.05, 0.1) is 32.6 Å². The van der Waals surface area contributed by atoms with Crippen LogP contribution in [-0.2, 0) is 6.54 Å². The second-order valence-corrected chi connectivity index (χ2v) is 9.54. The summed E-state index contributed by atoms with van der Waals surface area (Å²) in [5, 5.41) is 8.18. The number of carbonyl (C=O) groups is 1. The monoisotopic (exact) mass is 531 g/mol. The third-order valence-corrected chi connectivity index (χ3v) is 7.15. The van der Waals surface area contributed by atoms with E-state index in [-0.39, 0.29) is 5.91 Å². The van der Waals surface area contributed by atoms with E-state index in [1.807, 2.05) is 71.6 Å². The minimum Gasteiger partial charge on any atom is -0.497 e. The lowest BCUT2D eigenvalue weighted by molar-refractivity contribution is 0.0730. The molecule has 5 rings (SSSR count). The Kier molecular flexibility index (Phi) is 7.56. The molecule has 1 atom stereocenters. The summed E-state index contributed by atoms with van der Waals surface area (Å²) in [5.41, 5.74) is 4.63. The SMILES string of the molecule is CCCCOc1ccc(C2c3c(-c4ccc(OC)cc4)n[nH]c3C(=O)N2Cc2ccccc2Cl)cc1OC. The highest BCUT2D eigenvalue weighted by Gasteiger charge is 2.42. The number of methoxy groups -OCH3 is 2. The average molecular weight is 532 g/mol. The topological polar surface area (TPSA) is 76.7 Å². The number of nitrogens with one attached hydrogen (secondary N) is 1. The lowest BCUT2D eigenvalue weighted by Gasteiger charge is -2.27. The van der Waals surface area contributed by atoms with E-state index in [0.29, 0.717) is 41.1 Å². The van der Waals surface area contributed by atoms with Gasteiger partial charge in [-0.3, -0.25) is 9.89 Å². The second-order valence-electron chi connectivity index (χ2n) is 9.13. The third kappa shape index (κ3) is 4.82. The zero-order chi connectivity index (χ0) is 26.6. The van der Waals surface area contributed by atoms with E-state index in [1.165, 1.54) is 0 Å². The van der Waals surface area contributed by atoms with Gasteiger partial charge in [-0.25, -0.2) is 0 Å². The number of fused-ring (bicyclic) bond motifs is 1. The van der Waals surface area contributed by atoms with Gasteiger partial charge in [-0.1, -0.05) is 49.2 Å². The quantitative estimate of drug-likeness (QED) is 0.231. The van der Waals surface area contributed by atoms with Gasteiger partial charge >= 0.3 is 0 Å². The molecule has 1 unspecified atom stereocenters. The highest BCUT2D eigenvalue weighted by atomic mass is 35.5. The smallest absolute Gasteiger partial charge is 0.273 e. The molecule has 38 heavy (non-hydrogen) atoms. The highest BCUT2D eigenvalue weighted by Crippen LogP contribution is 2.45. The molecule has 0 saturated carbocycles. The Hall–Kier alpha value is -3.97. The Labute approximate surface area is 227 Å². The minimum absolute atomic E-state index is 0.139. The van der Waals surface area contributed by atoms with Crippen LogP contribution in [0.2, 0.25) is 5.02 Å². The molecule has 196 valence electrons. The maximum Gasteiger partial charge on any atom is 0.273 e. The number of ether oxygens (including phenoxy) is 3. The van der Waals surface area contributed by atoms with Crippen LogP contribution in [0.4, 0.5) is 0 Å². The van der Waals surface area contributed by atoms with Crippen LogP contribution >= 0.6 is 11.6 Å².